The fourth-order valence-electron chi connectivity index (χ4n) is 3.08. The fourth-order valence-corrected chi connectivity index (χ4v) is 3.19. The Bertz CT molecular complexity index is 1040. The number of allylic oxidation sites excluding steroid dienone is 1. The summed E-state index contributed by atoms with van der Waals surface area (Å²) in [5.74, 6) is -3.23. The summed E-state index contributed by atoms with van der Waals surface area (Å²) >= 11 is 5.76. The third-order valence-electron chi connectivity index (χ3n) is 4.41. The lowest BCUT2D eigenvalue weighted by molar-refractivity contribution is -0.137. The van der Waals surface area contributed by atoms with Gasteiger partial charge in [0.1, 0.15) is 22.9 Å². The van der Waals surface area contributed by atoms with Gasteiger partial charge in [-0.05, 0) is 31.5 Å². The lowest BCUT2D eigenvalue weighted by Gasteiger charge is -2.34. The molecule has 28 heavy (non-hydrogen) atoms. The molecule has 2 heterocycles. The number of methoxy groups -OCH3 is 1. The molecule has 0 radical (unpaired) electrons. The van der Waals surface area contributed by atoms with Crippen molar-refractivity contribution in [1.82, 2.24) is 10.3 Å². The number of rotatable bonds is 3. The van der Waals surface area contributed by atoms with Gasteiger partial charge in [-0.1, -0.05) is 17.7 Å². The number of hydrogen-bond donors (Lipinski definition) is 1. The third-order valence-corrected chi connectivity index (χ3v) is 4.71. The predicted molar refractivity (Wildman–Crippen MR) is 97.3 cm³/mol. The van der Waals surface area contributed by atoms with Gasteiger partial charge in [-0.15, -0.1) is 0 Å². The third kappa shape index (κ3) is 3.35. The molecule has 1 atom stereocenters. The van der Waals surface area contributed by atoms with E-state index in [9.17, 15) is 18.0 Å². The zero-order valence-corrected chi connectivity index (χ0v) is 15.9. The molecule has 1 aromatic heterocycles. The molecule has 9 heteroatoms. The van der Waals surface area contributed by atoms with Gasteiger partial charge in [0.15, 0.2) is 11.7 Å². The van der Waals surface area contributed by atoms with E-state index in [1.54, 1.807) is 13.8 Å². The van der Waals surface area contributed by atoms with E-state index < -0.39 is 29.0 Å². The van der Waals surface area contributed by atoms with Gasteiger partial charge in [-0.2, -0.15) is 0 Å². The van der Waals surface area contributed by atoms with E-state index in [1.807, 2.05) is 0 Å². The van der Waals surface area contributed by atoms with Crippen molar-refractivity contribution in [3.05, 3.63) is 75.5 Å². The number of pyridine rings is 1. The molecule has 0 saturated carbocycles. The van der Waals surface area contributed by atoms with Gasteiger partial charge in [0, 0.05) is 11.8 Å². The second kappa shape index (κ2) is 7.27. The summed E-state index contributed by atoms with van der Waals surface area (Å²) < 4.78 is 46.4. The Hall–Kier alpha value is -2.87. The minimum absolute atomic E-state index is 0.0412. The van der Waals surface area contributed by atoms with Crippen molar-refractivity contribution in [3.8, 4) is 0 Å². The Morgan fingerprint density at radius 2 is 1.93 bits per heavy atom. The summed E-state index contributed by atoms with van der Waals surface area (Å²) in [7, 11) is 1.20. The van der Waals surface area contributed by atoms with Crippen molar-refractivity contribution >= 4 is 23.4 Å². The summed E-state index contributed by atoms with van der Waals surface area (Å²) in [6, 6.07) is 4.64. The van der Waals surface area contributed by atoms with Crippen LogP contribution in [0.4, 0.5) is 13.2 Å². The molecule has 0 saturated heterocycles. The van der Waals surface area contributed by atoms with Gasteiger partial charge in [0.2, 0.25) is 0 Å². The highest BCUT2D eigenvalue weighted by atomic mass is 35.5. The van der Waals surface area contributed by atoms with Crippen LogP contribution in [0.2, 0.25) is 5.02 Å². The van der Waals surface area contributed by atoms with E-state index in [-0.39, 0.29) is 27.7 Å². The molecule has 1 aliphatic heterocycles. The zero-order chi connectivity index (χ0) is 20.6. The van der Waals surface area contributed by atoms with Crippen LogP contribution in [0, 0.1) is 17.5 Å². The van der Waals surface area contributed by atoms with E-state index in [2.05, 4.69) is 15.3 Å². The molecule has 146 valence electrons. The highest BCUT2D eigenvalue weighted by Crippen LogP contribution is 2.39. The first-order chi connectivity index (χ1) is 13.2. The van der Waals surface area contributed by atoms with Crippen LogP contribution in [-0.4, -0.2) is 23.9 Å². The van der Waals surface area contributed by atoms with Crippen molar-refractivity contribution in [3.63, 3.8) is 0 Å². The first-order valence-corrected chi connectivity index (χ1v) is 8.48. The lowest BCUT2D eigenvalue weighted by atomic mass is 9.82. The Balaban J connectivity index is 2.24. The smallest absolute Gasteiger partial charge is 0.338 e. The molecule has 0 spiro atoms. The maximum atomic E-state index is 14.2. The molecule has 0 bridgehead atoms. The molecule has 2 aromatic rings. The van der Waals surface area contributed by atoms with Gasteiger partial charge in [-0.3, -0.25) is 0 Å². The summed E-state index contributed by atoms with van der Waals surface area (Å²) in [4.78, 5) is 20.6. The maximum absolute atomic E-state index is 14.2. The number of nitrogens with one attached hydrogen (secondary N) is 1. The zero-order valence-electron chi connectivity index (χ0n) is 15.1. The molecule has 0 amide bonds. The normalized spacial score (nSPS) is 19.2. The SMILES string of the molecule is COC(=O)C1=C(C)NC(c2ncc(F)cc2F)=NC1(C)c1ccc(Cl)c(F)c1. The van der Waals surface area contributed by atoms with E-state index >= 15 is 0 Å². The van der Waals surface area contributed by atoms with Crippen LogP contribution >= 0.6 is 11.6 Å². The number of ether oxygens (including phenoxy) is 1. The second-order valence-corrected chi connectivity index (χ2v) is 6.67. The number of halogens is 4. The van der Waals surface area contributed by atoms with E-state index in [0.29, 0.717) is 11.8 Å². The summed E-state index contributed by atoms with van der Waals surface area (Å²) in [6.07, 6.45) is 0.844. The summed E-state index contributed by atoms with van der Waals surface area (Å²) in [5.41, 5.74) is -0.990. The largest absolute Gasteiger partial charge is 0.466 e. The monoisotopic (exact) mass is 409 g/mol. The van der Waals surface area contributed by atoms with Gasteiger partial charge in [-0.25, -0.2) is 27.9 Å². The Morgan fingerprint density at radius 1 is 1.21 bits per heavy atom. The number of esters is 1. The highest BCUT2D eigenvalue weighted by Gasteiger charge is 2.41. The number of amidine groups is 1. The Kier molecular flexibility index (Phi) is 5.16. The van der Waals surface area contributed by atoms with E-state index in [4.69, 9.17) is 16.3 Å². The van der Waals surface area contributed by atoms with E-state index in [0.717, 1.165) is 12.3 Å². The number of carbonyl (C=O) groups is 1. The Morgan fingerprint density at radius 3 is 2.54 bits per heavy atom. The van der Waals surface area contributed by atoms with Gasteiger partial charge < -0.3 is 10.1 Å². The molecule has 1 aliphatic rings. The molecule has 1 N–H and O–H groups in total. The van der Waals surface area contributed by atoms with Gasteiger partial charge >= 0.3 is 5.97 Å². The first-order valence-electron chi connectivity index (χ1n) is 8.11. The minimum atomic E-state index is -1.44. The minimum Gasteiger partial charge on any atom is -0.466 e. The van der Waals surface area contributed by atoms with Gasteiger partial charge in [0.25, 0.3) is 0 Å². The first kappa shape index (κ1) is 19.9. The molecule has 1 aromatic carbocycles. The predicted octanol–water partition coefficient (Wildman–Crippen LogP) is 3.86. The summed E-state index contributed by atoms with van der Waals surface area (Å²) in [5, 5.41) is 2.69. The van der Waals surface area contributed by atoms with Crippen LogP contribution in [0.5, 0.6) is 0 Å². The molecule has 0 fully saturated rings. The number of aliphatic imine (C=N–C) groups is 1. The Labute approximate surface area is 163 Å². The van der Waals surface area contributed by atoms with Crippen LogP contribution in [0.15, 0.2) is 46.7 Å². The lowest BCUT2D eigenvalue weighted by Crippen LogP contribution is -2.41. The van der Waals surface area contributed by atoms with Crippen molar-refractivity contribution in [1.29, 1.82) is 0 Å². The average molecular weight is 410 g/mol. The molecular weight excluding hydrogens is 395 g/mol. The van der Waals surface area contributed by atoms with Crippen LogP contribution < -0.4 is 5.32 Å². The second-order valence-electron chi connectivity index (χ2n) is 6.26. The highest BCUT2D eigenvalue weighted by molar-refractivity contribution is 6.30. The molecule has 5 nitrogen and oxygen atoms in total. The van der Waals surface area contributed by atoms with Crippen LogP contribution in [-0.2, 0) is 15.1 Å². The van der Waals surface area contributed by atoms with Crippen LogP contribution in [0.25, 0.3) is 0 Å². The van der Waals surface area contributed by atoms with Gasteiger partial charge in [0.05, 0.1) is 23.9 Å². The molecule has 3 rings (SSSR count). The van der Waals surface area contributed by atoms with Crippen molar-refractivity contribution < 1.29 is 22.7 Å². The van der Waals surface area contributed by atoms with Crippen LogP contribution in [0.1, 0.15) is 25.1 Å². The quantitative estimate of drug-likeness (QED) is 0.782. The van der Waals surface area contributed by atoms with Crippen molar-refractivity contribution in [2.75, 3.05) is 7.11 Å². The topological polar surface area (TPSA) is 63.6 Å². The fraction of sp³-hybridized carbons (Fsp3) is 0.211. The van der Waals surface area contributed by atoms with E-state index in [1.165, 1.54) is 19.2 Å². The molecular formula is C19H15ClF3N3O2. The number of benzene rings is 1. The molecule has 0 aliphatic carbocycles. The number of nitrogens with zero attached hydrogens (tertiary/aromatic N) is 2. The summed E-state index contributed by atoms with van der Waals surface area (Å²) in [6.45, 7) is 3.11. The van der Waals surface area contributed by atoms with Crippen molar-refractivity contribution in [2.24, 2.45) is 4.99 Å². The number of carbonyl (C=O) groups excluding carboxylic acids is 1. The standard InChI is InChI=1S/C19H15ClF3N3O2/c1-9-15(18(27)28-3)19(2,10-4-5-12(20)13(22)6-10)26-17(25-9)16-14(23)7-11(21)8-24-16/h4-8H,1-3H3,(H,25,26). The maximum Gasteiger partial charge on any atom is 0.338 e. The number of aromatic nitrogens is 1. The molecule has 1 unspecified atom stereocenters. The average Bonchev–Trinajstić information content (AvgIpc) is 2.63. The van der Waals surface area contributed by atoms with Crippen molar-refractivity contribution in [2.45, 2.75) is 19.4 Å². The number of hydrogen-bond acceptors (Lipinski definition) is 5. The van der Waals surface area contributed by atoms with Crippen LogP contribution in [0.3, 0.4) is 0 Å².